The number of methoxy groups -OCH3 is 2. The summed E-state index contributed by atoms with van der Waals surface area (Å²) in [6.07, 6.45) is 2.88. The summed E-state index contributed by atoms with van der Waals surface area (Å²) in [6, 6.07) is 5.51. The molecule has 1 aromatic heterocycles. The molecule has 0 spiro atoms. The highest BCUT2D eigenvalue weighted by Crippen LogP contribution is 2.40. The van der Waals surface area contributed by atoms with E-state index in [1.54, 1.807) is 14.2 Å². The lowest BCUT2D eigenvalue weighted by atomic mass is 9.77. The van der Waals surface area contributed by atoms with Crippen LogP contribution < -0.4 is 15.2 Å². The number of benzene rings is 1. The predicted octanol–water partition coefficient (Wildman–Crippen LogP) is 2.51. The van der Waals surface area contributed by atoms with Crippen LogP contribution in [0, 0.1) is 0 Å². The Morgan fingerprint density at radius 2 is 2.00 bits per heavy atom. The first-order chi connectivity index (χ1) is 9.68. The number of hydrogen-bond donors (Lipinski definition) is 1. The second-order valence-electron chi connectivity index (χ2n) is 4.97. The van der Waals surface area contributed by atoms with Crippen LogP contribution in [0.4, 0.5) is 0 Å². The average molecular weight is 312 g/mol. The number of aromatic nitrogens is 2. The van der Waals surface area contributed by atoms with Gasteiger partial charge < -0.3 is 19.7 Å². The minimum Gasteiger partial charge on any atom is -0.493 e. The molecular weight excluding hydrogens is 294 g/mol. The van der Waals surface area contributed by atoms with Crippen LogP contribution in [-0.4, -0.2) is 24.4 Å². The van der Waals surface area contributed by atoms with E-state index in [1.165, 1.54) is 0 Å². The lowest BCUT2D eigenvalue weighted by molar-refractivity contribution is 0.229. The molecule has 3 rings (SSSR count). The van der Waals surface area contributed by atoms with Crippen LogP contribution in [0.1, 0.15) is 25.1 Å². The summed E-state index contributed by atoms with van der Waals surface area (Å²) in [6.45, 7) is 0. The number of para-hydroxylation sites is 1. The normalized spacial score (nSPS) is 15.8. The molecule has 0 amide bonds. The number of nitrogens with zero attached hydrogens (tertiary/aromatic N) is 2. The van der Waals surface area contributed by atoms with E-state index in [0.29, 0.717) is 28.8 Å². The van der Waals surface area contributed by atoms with Gasteiger partial charge >= 0.3 is 0 Å². The fourth-order valence-electron chi connectivity index (χ4n) is 2.37. The van der Waals surface area contributed by atoms with Crippen molar-refractivity contribution >= 4 is 12.4 Å². The third kappa shape index (κ3) is 2.56. The molecule has 7 heteroatoms. The summed E-state index contributed by atoms with van der Waals surface area (Å²) >= 11 is 0. The number of nitrogens with two attached hydrogens (primary N) is 1. The highest BCUT2D eigenvalue weighted by Gasteiger charge is 2.39. The largest absolute Gasteiger partial charge is 0.493 e. The van der Waals surface area contributed by atoms with Crippen molar-refractivity contribution in [2.75, 3.05) is 14.2 Å². The van der Waals surface area contributed by atoms with Crippen molar-refractivity contribution in [3.05, 3.63) is 24.0 Å². The van der Waals surface area contributed by atoms with Crippen molar-refractivity contribution in [1.82, 2.24) is 10.1 Å². The zero-order chi connectivity index (χ0) is 14.2. The Bertz CT molecular complexity index is 626. The molecule has 0 saturated heterocycles. The maximum Gasteiger partial charge on any atom is 0.261 e. The molecule has 0 aliphatic heterocycles. The summed E-state index contributed by atoms with van der Waals surface area (Å²) in [5.74, 6) is 2.15. The Morgan fingerprint density at radius 3 is 2.57 bits per heavy atom. The van der Waals surface area contributed by atoms with E-state index < -0.39 is 5.54 Å². The van der Waals surface area contributed by atoms with Gasteiger partial charge in [-0.05, 0) is 31.4 Å². The van der Waals surface area contributed by atoms with Crippen LogP contribution in [0.2, 0.25) is 0 Å². The van der Waals surface area contributed by atoms with Crippen molar-refractivity contribution in [3.63, 3.8) is 0 Å². The summed E-state index contributed by atoms with van der Waals surface area (Å²) in [5, 5.41) is 4.01. The Labute approximate surface area is 129 Å². The minimum atomic E-state index is -0.437. The van der Waals surface area contributed by atoms with Crippen LogP contribution in [0.25, 0.3) is 11.5 Å². The van der Waals surface area contributed by atoms with Gasteiger partial charge in [-0.25, -0.2) is 0 Å². The average Bonchev–Trinajstić information content (AvgIpc) is 2.93. The quantitative estimate of drug-likeness (QED) is 0.934. The number of rotatable bonds is 4. The van der Waals surface area contributed by atoms with Gasteiger partial charge in [0.25, 0.3) is 5.89 Å². The van der Waals surface area contributed by atoms with Crippen LogP contribution in [0.3, 0.4) is 0 Å². The maximum absolute atomic E-state index is 6.20. The lowest BCUT2D eigenvalue weighted by Gasteiger charge is -2.34. The van der Waals surface area contributed by atoms with Crippen LogP contribution in [0.5, 0.6) is 11.5 Å². The van der Waals surface area contributed by atoms with Gasteiger partial charge in [0.1, 0.15) is 0 Å². The molecule has 0 atom stereocenters. The van der Waals surface area contributed by atoms with Gasteiger partial charge in [-0.15, -0.1) is 12.4 Å². The Hall–Kier alpha value is -1.79. The molecule has 1 aliphatic rings. The van der Waals surface area contributed by atoms with Gasteiger partial charge in [-0.2, -0.15) is 4.98 Å². The summed E-state index contributed by atoms with van der Waals surface area (Å²) in [5.41, 5.74) is 6.47. The van der Waals surface area contributed by atoms with Gasteiger partial charge in [0, 0.05) is 0 Å². The molecule has 6 nitrogen and oxygen atoms in total. The Morgan fingerprint density at radius 1 is 1.24 bits per heavy atom. The lowest BCUT2D eigenvalue weighted by Crippen LogP contribution is -2.44. The van der Waals surface area contributed by atoms with Gasteiger partial charge in [0.15, 0.2) is 17.3 Å². The van der Waals surface area contributed by atoms with E-state index in [4.69, 9.17) is 19.7 Å². The molecule has 0 bridgehead atoms. The van der Waals surface area contributed by atoms with Crippen LogP contribution in [0.15, 0.2) is 22.7 Å². The van der Waals surface area contributed by atoms with Crippen molar-refractivity contribution < 1.29 is 14.0 Å². The van der Waals surface area contributed by atoms with Gasteiger partial charge in [-0.3, -0.25) is 0 Å². The summed E-state index contributed by atoms with van der Waals surface area (Å²) in [4.78, 5) is 4.42. The highest BCUT2D eigenvalue weighted by atomic mass is 35.5. The smallest absolute Gasteiger partial charge is 0.261 e. The fraction of sp³-hybridized carbons (Fsp3) is 0.429. The van der Waals surface area contributed by atoms with Crippen molar-refractivity contribution in [2.24, 2.45) is 5.73 Å². The molecule has 1 aliphatic carbocycles. The van der Waals surface area contributed by atoms with Crippen molar-refractivity contribution in [1.29, 1.82) is 0 Å². The second-order valence-corrected chi connectivity index (χ2v) is 4.97. The van der Waals surface area contributed by atoms with E-state index in [9.17, 15) is 0 Å². The number of ether oxygens (including phenoxy) is 2. The van der Waals surface area contributed by atoms with Crippen molar-refractivity contribution in [2.45, 2.75) is 24.8 Å². The van der Waals surface area contributed by atoms with Gasteiger partial charge in [0.2, 0.25) is 0 Å². The summed E-state index contributed by atoms with van der Waals surface area (Å²) in [7, 11) is 3.17. The van der Waals surface area contributed by atoms with E-state index in [-0.39, 0.29) is 12.4 Å². The Kier molecular flexibility index (Phi) is 4.39. The highest BCUT2D eigenvalue weighted by molar-refractivity contribution is 5.85. The topological polar surface area (TPSA) is 83.4 Å². The van der Waals surface area contributed by atoms with E-state index >= 15 is 0 Å². The first-order valence-electron chi connectivity index (χ1n) is 6.52. The van der Waals surface area contributed by atoms with Crippen molar-refractivity contribution in [3.8, 4) is 23.0 Å². The van der Waals surface area contributed by atoms with Gasteiger partial charge in [0.05, 0.1) is 25.3 Å². The molecule has 1 heterocycles. The molecule has 0 unspecified atom stereocenters. The Balaban J connectivity index is 0.00000161. The molecule has 2 aromatic rings. The standard InChI is InChI=1S/C14H17N3O3.ClH/c1-18-10-6-3-5-9(11(10)19-2)12-16-13(17-20-12)14(15)7-4-8-14;/h3,5-6H,4,7-8,15H2,1-2H3;1H. The van der Waals surface area contributed by atoms with E-state index in [0.717, 1.165) is 19.3 Å². The molecule has 2 N–H and O–H groups in total. The molecule has 114 valence electrons. The zero-order valence-electron chi connectivity index (χ0n) is 12.0. The zero-order valence-corrected chi connectivity index (χ0v) is 12.8. The first-order valence-corrected chi connectivity index (χ1v) is 6.52. The van der Waals surface area contributed by atoms with Gasteiger partial charge in [-0.1, -0.05) is 11.2 Å². The maximum atomic E-state index is 6.20. The fourth-order valence-corrected chi connectivity index (χ4v) is 2.37. The van der Waals surface area contributed by atoms with E-state index in [2.05, 4.69) is 10.1 Å². The van der Waals surface area contributed by atoms with Crippen LogP contribution >= 0.6 is 12.4 Å². The molecular formula is C14H18ClN3O3. The first kappa shape index (κ1) is 15.6. The third-order valence-corrected chi connectivity index (χ3v) is 3.75. The SMILES string of the molecule is COc1cccc(-c2nc(C3(N)CCC3)no2)c1OC.Cl. The molecule has 21 heavy (non-hydrogen) atoms. The monoisotopic (exact) mass is 311 g/mol. The molecule has 1 aromatic carbocycles. The number of halogens is 1. The van der Waals surface area contributed by atoms with E-state index in [1.807, 2.05) is 18.2 Å². The van der Waals surface area contributed by atoms with Crippen LogP contribution in [-0.2, 0) is 5.54 Å². The summed E-state index contributed by atoms with van der Waals surface area (Å²) < 4.78 is 16.0. The molecule has 1 saturated carbocycles. The second kappa shape index (κ2) is 5.91. The number of hydrogen-bond acceptors (Lipinski definition) is 6. The third-order valence-electron chi connectivity index (χ3n) is 3.75. The minimum absolute atomic E-state index is 0. The molecule has 0 radical (unpaired) electrons. The molecule has 1 fully saturated rings. The predicted molar refractivity (Wildman–Crippen MR) is 79.8 cm³/mol.